The lowest BCUT2D eigenvalue weighted by Crippen LogP contribution is -2.47. The van der Waals surface area contributed by atoms with E-state index in [-0.39, 0.29) is 30.1 Å². The minimum atomic E-state index is -3.94. The van der Waals surface area contributed by atoms with Crippen LogP contribution in [-0.2, 0) is 36.1 Å². The number of nitrogens with zero attached hydrogens (tertiary/aromatic N) is 2. The molecule has 45 heavy (non-hydrogen) atoms. The summed E-state index contributed by atoms with van der Waals surface area (Å²) in [6.45, 7) is 4.13. The van der Waals surface area contributed by atoms with Crippen LogP contribution in [0.1, 0.15) is 71.7 Å². The second-order valence-electron chi connectivity index (χ2n) is 12.5. The first-order chi connectivity index (χ1) is 21.7. The molecule has 6 rings (SSSR count). The van der Waals surface area contributed by atoms with Gasteiger partial charge in [0, 0.05) is 25.7 Å². The van der Waals surface area contributed by atoms with Gasteiger partial charge in [0.05, 0.1) is 38.4 Å². The van der Waals surface area contributed by atoms with Crippen molar-refractivity contribution < 1.29 is 32.5 Å². The number of sulfonamides is 1. The summed E-state index contributed by atoms with van der Waals surface area (Å²) in [4.78, 5) is 2.62. The van der Waals surface area contributed by atoms with Crippen LogP contribution in [0, 0.1) is 17.7 Å². The number of benzene rings is 3. The van der Waals surface area contributed by atoms with Gasteiger partial charge in [0.15, 0.2) is 11.5 Å². The third-order valence-corrected chi connectivity index (χ3v) is 12.3. The molecule has 0 amide bonds. The zero-order chi connectivity index (χ0) is 31.9. The topological polar surface area (TPSA) is 99.5 Å². The Morgan fingerprint density at radius 1 is 0.867 bits per heavy atom. The van der Waals surface area contributed by atoms with Crippen LogP contribution in [0.4, 0.5) is 4.39 Å². The highest BCUT2D eigenvalue weighted by Gasteiger charge is 2.43. The van der Waals surface area contributed by atoms with Crippen molar-refractivity contribution >= 4 is 10.0 Å². The van der Waals surface area contributed by atoms with Gasteiger partial charge in [-0.3, -0.25) is 4.90 Å². The maximum absolute atomic E-state index is 14.2. The second-order valence-corrected chi connectivity index (χ2v) is 14.4. The van der Waals surface area contributed by atoms with Crippen molar-refractivity contribution in [1.29, 1.82) is 0 Å². The molecule has 0 bridgehead atoms. The number of halogens is 1. The summed E-state index contributed by atoms with van der Waals surface area (Å²) in [6.07, 6.45) is 3.88. The molecule has 0 aromatic heterocycles. The maximum Gasteiger partial charge on any atom is 0.243 e. The molecule has 3 aliphatic rings. The lowest BCUT2D eigenvalue weighted by Gasteiger charge is -2.49. The molecular formula is C35H43FN2O6S. The summed E-state index contributed by atoms with van der Waals surface area (Å²) < 4.78 is 55.1. The van der Waals surface area contributed by atoms with Gasteiger partial charge in [-0.25, -0.2) is 12.8 Å². The first kappa shape index (κ1) is 31.9. The van der Waals surface area contributed by atoms with E-state index in [2.05, 4.69) is 17.9 Å². The van der Waals surface area contributed by atoms with E-state index in [0.29, 0.717) is 36.8 Å². The number of aliphatic hydroxyl groups is 2. The van der Waals surface area contributed by atoms with Crippen LogP contribution in [0.2, 0.25) is 0 Å². The molecule has 242 valence electrons. The van der Waals surface area contributed by atoms with Crippen LogP contribution in [-0.4, -0.2) is 61.7 Å². The average molecular weight is 639 g/mol. The summed E-state index contributed by atoms with van der Waals surface area (Å²) in [5.41, 5.74) is 5.90. The van der Waals surface area contributed by atoms with Crippen molar-refractivity contribution in [3.63, 3.8) is 0 Å². The Morgan fingerprint density at radius 2 is 1.51 bits per heavy atom. The van der Waals surface area contributed by atoms with Crippen molar-refractivity contribution in [3.05, 3.63) is 87.7 Å². The van der Waals surface area contributed by atoms with Gasteiger partial charge in [-0.05, 0) is 107 Å². The number of ether oxygens (including phenoxy) is 2. The molecule has 4 atom stereocenters. The van der Waals surface area contributed by atoms with Gasteiger partial charge in [-0.1, -0.05) is 25.5 Å². The highest BCUT2D eigenvalue weighted by Crippen LogP contribution is 2.49. The lowest BCUT2D eigenvalue weighted by molar-refractivity contribution is 0.0387. The van der Waals surface area contributed by atoms with E-state index in [4.69, 9.17) is 9.47 Å². The Balaban J connectivity index is 1.41. The number of aliphatic hydroxyl groups excluding tert-OH is 2. The largest absolute Gasteiger partial charge is 0.493 e. The first-order valence-electron chi connectivity index (χ1n) is 15.8. The van der Waals surface area contributed by atoms with Gasteiger partial charge >= 0.3 is 0 Å². The van der Waals surface area contributed by atoms with E-state index in [1.54, 1.807) is 18.5 Å². The minimum absolute atomic E-state index is 0.0807. The van der Waals surface area contributed by atoms with Gasteiger partial charge < -0.3 is 19.7 Å². The summed E-state index contributed by atoms with van der Waals surface area (Å²) >= 11 is 0. The molecule has 4 unspecified atom stereocenters. The Hall–Kier alpha value is -3.02. The van der Waals surface area contributed by atoms with E-state index in [1.165, 1.54) is 35.4 Å². The molecule has 0 saturated carbocycles. The van der Waals surface area contributed by atoms with Crippen molar-refractivity contribution in [2.24, 2.45) is 11.8 Å². The number of hydrogen-bond donors (Lipinski definition) is 2. The van der Waals surface area contributed by atoms with E-state index in [0.717, 1.165) is 54.6 Å². The van der Waals surface area contributed by atoms with Crippen LogP contribution in [0.5, 0.6) is 11.5 Å². The van der Waals surface area contributed by atoms with Crippen LogP contribution in [0.25, 0.3) is 0 Å². The number of rotatable bonds is 9. The summed E-state index contributed by atoms with van der Waals surface area (Å²) in [5, 5.41) is 20.0. The SMILES string of the molecule is CCC1CN2CCc3cc(CO)c(CO)cc3C2CC1CC1c2cc(OC)c(OC)cc2CCN1S(=O)(=O)c1ccc(F)cc1. The van der Waals surface area contributed by atoms with Gasteiger partial charge in [-0.15, -0.1) is 0 Å². The fraction of sp³-hybridized carbons (Fsp3) is 0.486. The molecule has 0 aliphatic carbocycles. The number of hydrogen-bond acceptors (Lipinski definition) is 7. The number of methoxy groups -OCH3 is 2. The Labute approximate surface area is 265 Å². The molecule has 10 heteroatoms. The van der Waals surface area contributed by atoms with Gasteiger partial charge in [0.1, 0.15) is 5.82 Å². The average Bonchev–Trinajstić information content (AvgIpc) is 3.06. The molecule has 0 radical (unpaired) electrons. The van der Waals surface area contributed by atoms with E-state index >= 15 is 0 Å². The minimum Gasteiger partial charge on any atom is -0.493 e. The number of piperidine rings is 1. The Bertz CT molecular complexity index is 1650. The van der Waals surface area contributed by atoms with Crippen molar-refractivity contribution in [1.82, 2.24) is 9.21 Å². The van der Waals surface area contributed by atoms with Crippen molar-refractivity contribution in [2.45, 2.75) is 69.2 Å². The van der Waals surface area contributed by atoms with E-state index in [9.17, 15) is 23.0 Å². The summed E-state index contributed by atoms with van der Waals surface area (Å²) in [7, 11) is -0.752. The predicted molar refractivity (Wildman–Crippen MR) is 169 cm³/mol. The lowest BCUT2D eigenvalue weighted by atomic mass is 9.72. The third kappa shape index (κ3) is 5.87. The van der Waals surface area contributed by atoms with Crippen molar-refractivity contribution in [3.8, 4) is 11.5 Å². The van der Waals surface area contributed by atoms with Gasteiger partial charge in [0.2, 0.25) is 10.0 Å². The Kier molecular flexibility index (Phi) is 9.23. The van der Waals surface area contributed by atoms with Crippen LogP contribution < -0.4 is 9.47 Å². The van der Waals surface area contributed by atoms with Crippen LogP contribution in [0.3, 0.4) is 0 Å². The third-order valence-electron chi connectivity index (χ3n) is 10.4. The first-order valence-corrected chi connectivity index (χ1v) is 17.3. The van der Waals surface area contributed by atoms with Gasteiger partial charge in [0.25, 0.3) is 0 Å². The van der Waals surface area contributed by atoms with E-state index < -0.39 is 21.9 Å². The molecule has 2 N–H and O–H groups in total. The molecule has 1 fully saturated rings. The molecule has 3 aliphatic heterocycles. The number of fused-ring (bicyclic) bond motifs is 4. The quantitative estimate of drug-likeness (QED) is 0.335. The highest BCUT2D eigenvalue weighted by molar-refractivity contribution is 7.89. The molecule has 3 heterocycles. The van der Waals surface area contributed by atoms with E-state index in [1.807, 2.05) is 18.2 Å². The zero-order valence-corrected chi connectivity index (χ0v) is 27.0. The summed E-state index contributed by atoms with van der Waals surface area (Å²) in [5.74, 6) is 1.28. The van der Waals surface area contributed by atoms with Crippen LogP contribution >= 0.6 is 0 Å². The standard InChI is InChI=1S/C35H43FN2O6S/c1-4-22-19-37-11-9-23-13-26(20-39)27(21-40)14-30(23)32(37)15-25(22)16-33-31-18-35(44-3)34(43-2)17-24(31)10-12-38(33)45(41,42)29-7-5-28(36)6-8-29/h5-8,13-14,17-18,22,25,32-33,39-40H,4,9-12,15-16,19-21H2,1-3H3. The van der Waals surface area contributed by atoms with Crippen LogP contribution in [0.15, 0.2) is 53.4 Å². The Morgan fingerprint density at radius 3 is 2.18 bits per heavy atom. The second kappa shape index (κ2) is 13.0. The monoisotopic (exact) mass is 638 g/mol. The molecular weight excluding hydrogens is 595 g/mol. The molecule has 3 aromatic carbocycles. The molecule has 1 saturated heterocycles. The highest BCUT2D eigenvalue weighted by atomic mass is 32.2. The smallest absolute Gasteiger partial charge is 0.243 e. The predicted octanol–water partition coefficient (Wildman–Crippen LogP) is 5.15. The molecule has 3 aromatic rings. The molecule has 0 spiro atoms. The van der Waals surface area contributed by atoms with Crippen molar-refractivity contribution in [2.75, 3.05) is 33.9 Å². The summed E-state index contributed by atoms with van der Waals surface area (Å²) in [6, 6.07) is 12.8. The van der Waals surface area contributed by atoms with Gasteiger partial charge in [-0.2, -0.15) is 4.31 Å². The molecule has 8 nitrogen and oxygen atoms in total. The maximum atomic E-state index is 14.2. The normalized spacial score (nSPS) is 23.6. The fourth-order valence-corrected chi connectivity index (χ4v) is 9.56. The fourth-order valence-electron chi connectivity index (χ4n) is 7.94. The zero-order valence-electron chi connectivity index (χ0n) is 26.2.